The largest absolute Gasteiger partial charge is 0.338 e. The van der Waals surface area contributed by atoms with Crippen LogP contribution in [0.1, 0.15) is 124 Å². The van der Waals surface area contributed by atoms with Crippen molar-refractivity contribution in [1.29, 1.82) is 0 Å². The third-order valence-corrected chi connectivity index (χ3v) is 11.8. The number of anilines is 1. The lowest BCUT2D eigenvalue weighted by Gasteiger charge is -2.36. The number of carbonyl (C=O) groups excluding carboxylic acids is 4. The van der Waals surface area contributed by atoms with Gasteiger partial charge in [0.25, 0.3) is 5.91 Å². The number of Topliss-reactive ketones (excluding diaryl/α,β-unsaturated/α-hetero) is 1. The van der Waals surface area contributed by atoms with Crippen LogP contribution in [0.3, 0.4) is 0 Å². The van der Waals surface area contributed by atoms with E-state index in [1.165, 1.54) is 12.1 Å². The first-order chi connectivity index (χ1) is 25.4. The number of nitrogens with zero attached hydrogens (tertiary/aromatic N) is 6. The number of nitrogens with one attached hydrogen (secondary N) is 2. The predicted molar refractivity (Wildman–Crippen MR) is 200 cm³/mol. The molecule has 1 saturated heterocycles. The smallest absolute Gasteiger partial charge is 0.270 e. The zero-order valence-corrected chi connectivity index (χ0v) is 31.8. The van der Waals surface area contributed by atoms with Crippen LogP contribution in [-0.4, -0.2) is 92.1 Å². The first-order valence-corrected chi connectivity index (χ1v) is 19.4. The summed E-state index contributed by atoms with van der Waals surface area (Å²) in [5.41, 5.74) is 1.38. The third kappa shape index (κ3) is 8.71. The van der Waals surface area contributed by atoms with E-state index in [9.17, 15) is 19.2 Å². The summed E-state index contributed by atoms with van der Waals surface area (Å²) in [5, 5.41) is 14.5. The average molecular weight is 731 g/mol. The minimum Gasteiger partial charge on any atom is -0.338 e. The molecule has 0 radical (unpaired) electrons. The molecule has 2 saturated carbocycles. The third-order valence-electron chi connectivity index (χ3n) is 11.8. The number of amides is 3. The van der Waals surface area contributed by atoms with Gasteiger partial charge in [-0.2, -0.15) is 10.2 Å². The second kappa shape index (κ2) is 16.7. The van der Waals surface area contributed by atoms with E-state index >= 15 is 4.39 Å². The quantitative estimate of drug-likeness (QED) is 0.211. The van der Waals surface area contributed by atoms with Crippen LogP contribution in [0.15, 0.2) is 42.7 Å². The highest BCUT2D eigenvalue weighted by Gasteiger charge is 2.37. The van der Waals surface area contributed by atoms with Crippen molar-refractivity contribution in [1.82, 2.24) is 34.7 Å². The highest BCUT2D eigenvalue weighted by Crippen LogP contribution is 2.37. The molecule has 1 aliphatic heterocycles. The van der Waals surface area contributed by atoms with Crippen molar-refractivity contribution in [2.24, 2.45) is 17.8 Å². The minimum absolute atomic E-state index is 0.00140. The topological polar surface area (TPSA) is 134 Å². The molecule has 3 aliphatic rings. The standard InChI is InChI=1S/C40H55FN8O4/c1-25(2)48-34(15-17-42-48)36(50)24-31(28-11-9-26(3)10-12-28)38(51)44-33-14-13-29(23-32(33)41)27(4)37(40(53)47-21-19-46(5)20-22-47)45-39(52)35-16-18-43-49(35)30-7-6-8-30/h13-18,23,25-28,30-31,37H,6-12,19-22,24H2,1-5H3,(H,44,51)(H,45,52)/t26?,27-,28?,31-,37+/m0/s1. The Labute approximate surface area is 311 Å². The maximum Gasteiger partial charge on any atom is 0.270 e. The van der Waals surface area contributed by atoms with Gasteiger partial charge in [-0.15, -0.1) is 0 Å². The van der Waals surface area contributed by atoms with Gasteiger partial charge in [0.05, 0.1) is 11.7 Å². The number of aromatic nitrogens is 4. The van der Waals surface area contributed by atoms with Crippen LogP contribution in [-0.2, 0) is 9.59 Å². The minimum atomic E-state index is -0.959. The number of ketones is 1. The Morgan fingerprint density at radius 2 is 1.57 bits per heavy atom. The van der Waals surface area contributed by atoms with Crippen molar-refractivity contribution >= 4 is 29.2 Å². The van der Waals surface area contributed by atoms with E-state index in [2.05, 4.69) is 32.7 Å². The van der Waals surface area contributed by atoms with Gasteiger partial charge in [-0.1, -0.05) is 32.8 Å². The molecule has 53 heavy (non-hydrogen) atoms. The molecule has 3 atom stereocenters. The number of piperazine rings is 1. The summed E-state index contributed by atoms with van der Waals surface area (Å²) < 4.78 is 19.4. The van der Waals surface area contributed by atoms with Gasteiger partial charge in [0.2, 0.25) is 11.8 Å². The first-order valence-electron chi connectivity index (χ1n) is 19.4. The van der Waals surface area contributed by atoms with Gasteiger partial charge in [-0.25, -0.2) is 4.39 Å². The van der Waals surface area contributed by atoms with E-state index < -0.39 is 29.6 Å². The molecule has 13 heteroatoms. The molecule has 0 unspecified atom stereocenters. The zero-order chi connectivity index (χ0) is 37.8. The van der Waals surface area contributed by atoms with Gasteiger partial charge in [0.1, 0.15) is 23.2 Å². The summed E-state index contributed by atoms with van der Waals surface area (Å²) in [4.78, 5) is 59.2. The molecule has 2 aromatic heterocycles. The van der Waals surface area contributed by atoms with Gasteiger partial charge in [0.15, 0.2) is 5.78 Å². The fourth-order valence-corrected chi connectivity index (χ4v) is 8.00. The van der Waals surface area contributed by atoms with Gasteiger partial charge >= 0.3 is 0 Å². The summed E-state index contributed by atoms with van der Waals surface area (Å²) in [6, 6.07) is 7.09. The Kier molecular flexibility index (Phi) is 12.1. The Hall–Kier alpha value is -4.39. The number of halogens is 1. The molecule has 12 nitrogen and oxygen atoms in total. The number of hydrogen-bond donors (Lipinski definition) is 2. The predicted octanol–water partition coefficient (Wildman–Crippen LogP) is 5.85. The number of likely N-dealkylation sites (N-methyl/N-ethyl adjacent to an activating group) is 1. The van der Waals surface area contributed by atoms with Crippen molar-refractivity contribution in [2.75, 3.05) is 38.5 Å². The van der Waals surface area contributed by atoms with Gasteiger partial charge < -0.3 is 20.4 Å². The number of benzene rings is 1. The van der Waals surface area contributed by atoms with Crippen LogP contribution < -0.4 is 10.6 Å². The molecule has 2 N–H and O–H groups in total. The number of carbonyl (C=O) groups is 4. The summed E-state index contributed by atoms with van der Waals surface area (Å²) >= 11 is 0. The van der Waals surface area contributed by atoms with E-state index in [1.807, 2.05) is 27.8 Å². The monoisotopic (exact) mass is 730 g/mol. The molecule has 3 heterocycles. The average Bonchev–Trinajstić information content (AvgIpc) is 3.81. The lowest BCUT2D eigenvalue weighted by Crippen LogP contribution is -2.56. The molecule has 6 rings (SSSR count). The molecular formula is C40H55FN8O4. The number of hydrogen-bond acceptors (Lipinski definition) is 7. The molecule has 286 valence electrons. The molecule has 0 spiro atoms. The van der Waals surface area contributed by atoms with Gasteiger partial charge in [-0.05, 0) is 94.7 Å². The summed E-state index contributed by atoms with van der Waals surface area (Å²) in [5.74, 6) is -2.47. The van der Waals surface area contributed by atoms with Crippen LogP contribution in [0, 0.1) is 23.6 Å². The van der Waals surface area contributed by atoms with E-state index in [0.717, 1.165) is 44.9 Å². The Balaban J connectivity index is 1.21. The lowest BCUT2D eigenvalue weighted by atomic mass is 9.74. The maximum atomic E-state index is 16.0. The molecule has 3 aromatic rings. The molecule has 1 aromatic carbocycles. The maximum absolute atomic E-state index is 16.0. The molecule has 0 bridgehead atoms. The second-order valence-corrected chi connectivity index (χ2v) is 15.9. The SMILES string of the molecule is CC1CCC([C@H](CC(=O)c2ccnn2C(C)C)C(=O)Nc2ccc([C@H](C)[C@@H](NC(=O)c3ccnn3C3CCC3)C(=O)N3CCN(C)CC3)cc2F)CC1. The van der Waals surface area contributed by atoms with Crippen molar-refractivity contribution in [3.05, 3.63) is 65.5 Å². The van der Waals surface area contributed by atoms with E-state index in [-0.39, 0.29) is 47.7 Å². The normalized spacial score (nSPS) is 21.5. The first kappa shape index (κ1) is 38.3. The fraction of sp³-hybridized carbons (Fsp3) is 0.600. The molecular weight excluding hydrogens is 675 g/mol. The Morgan fingerprint density at radius 1 is 0.887 bits per heavy atom. The van der Waals surface area contributed by atoms with Crippen molar-refractivity contribution < 1.29 is 23.6 Å². The van der Waals surface area contributed by atoms with Crippen molar-refractivity contribution in [2.45, 2.75) is 103 Å². The van der Waals surface area contributed by atoms with Crippen LogP contribution >= 0.6 is 0 Å². The second-order valence-electron chi connectivity index (χ2n) is 15.9. The van der Waals surface area contributed by atoms with E-state index in [1.54, 1.807) is 44.9 Å². The molecule has 3 amide bonds. The lowest BCUT2D eigenvalue weighted by molar-refractivity contribution is -0.135. The highest BCUT2D eigenvalue weighted by molar-refractivity contribution is 6.00. The van der Waals surface area contributed by atoms with E-state index in [0.29, 0.717) is 49.0 Å². The van der Waals surface area contributed by atoms with Crippen LogP contribution in [0.4, 0.5) is 10.1 Å². The van der Waals surface area contributed by atoms with Crippen LogP contribution in [0.5, 0.6) is 0 Å². The van der Waals surface area contributed by atoms with Crippen molar-refractivity contribution in [3.63, 3.8) is 0 Å². The number of rotatable bonds is 13. The summed E-state index contributed by atoms with van der Waals surface area (Å²) in [6.07, 6.45) is 9.79. The zero-order valence-electron chi connectivity index (χ0n) is 31.8. The molecule has 3 fully saturated rings. The van der Waals surface area contributed by atoms with Crippen molar-refractivity contribution in [3.8, 4) is 0 Å². The fourth-order valence-electron chi connectivity index (χ4n) is 8.00. The van der Waals surface area contributed by atoms with E-state index in [4.69, 9.17) is 0 Å². The summed E-state index contributed by atoms with van der Waals surface area (Å²) in [7, 11) is 2.01. The van der Waals surface area contributed by atoms with Gasteiger partial charge in [-0.3, -0.25) is 28.5 Å². The Bertz CT molecular complexity index is 1770. The van der Waals surface area contributed by atoms with Crippen LogP contribution in [0.25, 0.3) is 0 Å². The molecule has 2 aliphatic carbocycles. The Morgan fingerprint density at radius 3 is 2.21 bits per heavy atom. The highest BCUT2D eigenvalue weighted by atomic mass is 19.1. The van der Waals surface area contributed by atoms with Crippen LogP contribution in [0.2, 0.25) is 0 Å². The van der Waals surface area contributed by atoms with Gasteiger partial charge in [0, 0.05) is 62.9 Å². The summed E-state index contributed by atoms with van der Waals surface area (Å²) in [6.45, 7) is 10.4.